The van der Waals surface area contributed by atoms with Crippen LogP contribution in [0.4, 0.5) is 5.82 Å². The van der Waals surface area contributed by atoms with Crippen molar-refractivity contribution in [1.29, 1.82) is 0 Å². The summed E-state index contributed by atoms with van der Waals surface area (Å²) in [7, 11) is 0. The molecule has 0 radical (unpaired) electrons. The summed E-state index contributed by atoms with van der Waals surface area (Å²) in [5.41, 5.74) is 2.01. The molecule has 190 valence electrons. The number of anilines is 1. The number of benzene rings is 1. The quantitative estimate of drug-likeness (QED) is 0.515. The number of rotatable bonds is 6. The zero-order valence-corrected chi connectivity index (χ0v) is 20.6. The van der Waals surface area contributed by atoms with Gasteiger partial charge < -0.3 is 19.3 Å². The van der Waals surface area contributed by atoms with Crippen LogP contribution < -0.4 is 4.90 Å². The number of piperidine rings is 1. The largest absolute Gasteiger partial charge is 0.355 e. The van der Waals surface area contributed by atoms with Crippen LogP contribution in [0.5, 0.6) is 0 Å². The van der Waals surface area contributed by atoms with E-state index in [0.717, 1.165) is 70.3 Å². The minimum Gasteiger partial charge on any atom is -0.355 e. The second-order valence-corrected chi connectivity index (χ2v) is 9.81. The summed E-state index contributed by atoms with van der Waals surface area (Å²) in [6.07, 6.45) is 2.58. The maximum absolute atomic E-state index is 12.9. The van der Waals surface area contributed by atoms with Crippen LogP contribution in [0.3, 0.4) is 0 Å². The molecule has 0 saturated carbocycles. The summed E-state index contributed by atoms with van der Waals surface area (Å²) < 4.78 is 13.5. The van der Waals surface area contributed by atoms with Crippen molar-refractivity contribution in [3.8, 4) is 0 Å². The number of carbonyl (C=O) groups excluding carboxylic acids is 1. The van der Waals surface area contributed by atoms with Gasteiger partial charge in [-0.1, -0.05) is 30.3 Å². The Hall–Kier alpha value is -3.08. The molecule has 0 atom stereocenters. The van der Waals surface area contributed by atoms with Crippen molar-refractivity contribution in [3.05, 3.63) is 53.9 Å². The van der Waals surface area contributed by atoms with Crippen molar-refractivity contribution in [2.75, 3.05) is 57.4 Å². The van der Waals surface area contributed by atoms with Gasteiger partial charge >= 0.3 is 0 Å². The fraction of sp³-hybridized carbons (Fsp3) is 0.538. The van der Waals surface area contributed by atoms with Gasteiger partial charge in [-0.2, -0.15) is 4.52 Å². The van der Waals surface area contributed by atoms with E-state index in [2.05, 4.69) is 44.3 Å². The highest BCUT2D eigenvalue weighted by Gasteiger charge is 2.40. The second kappa shape index (κ2) is 10.1. The fourth-order valence-corrected chi connectivity index (χ4v) is 5.38. The van der Waals surface area contributed by atoms with E-state index in [9.17, 15) is 4.79 Å². The average Bonchev–Trinajstić information content (AvgIpc) is 3.55. The third-order valence-corrected chi connectivity index (χ3v) is 7.51. The first-order valence-corrected chi connectivity index (χ1v) is 13.0. The summed E-state index contributed by atoms with van der Waals surface area (Å²) in [5, 5.41) is 13.4. The molecule has 6 rings (SSSR count). The standard InChI is InChI=1S/C26H33N7O3/c34-25(32-16-14-30(15-17-32)20-21-4-2-1-3-5-21)9-8-23-28-27-22-6-7-24(29-33(22)23)31-12-10-26(11-13-31)35-18-19-36-26/h1-7H,8-20H2. The summed E-state index contributed by atoms with van der Waals surface area (Å²) in [4.78, 5) is 19.6. The number of hydrogen-bond acceptors (Lipinski definition) is 8. The lowest BCUT2D eigenvalue weighted by Crippen LogP contribution is -2.48. The number of carbonyl (C=O) groups is 1. The van der Waals surface area contributed by atoms with E-state index in [1.807, 2.05) is 23.1 Å². The van der Waals surface area contributed by atoms with Crippen LogP contribution in [0.2, 0.25) is 0 Å². The van der Waals surface area contributed by atoms with E-state index in [0.29, 0.717) is 31.7 Å². The molecule has 0 bridgehead atoms. The van der Waals surface area contributed by atoms with Crippen LogP contribution in [0.25, 0.3) is 5.65 Å². The van der Waals surface area contributed by atoms with Gasteiger partial charge in [-0.15, -0.1) is 15.3 Å². The van der Waals surface area contributed by atoms with Crippen LogP contribution in [0, 0.1) is 0 Å². The molecule has 10 heteroatoms. The highest BCUT2D eigenvalue weighted by atomic mass is 16.7. The van der Waals surface area contributed by atoms with Gasteiger partial charge in [0.05, 0.1) is 13.2 Å². The van der Waals surface area contributed by atoms with Crippen LogP contribution in [-0.4, -0.2) is 93.8 Å². The lowest BCUT2D eigenvalue weighted by Gasteiger charge is -2.38. The molecular weight excluding hydrogens is 458 g/mol. The molecule has 3 aliphatic rings. The topological polar surface area (TPSA) is 88.3 Å². The van der Waals surface area contributed by atoms with Gasteiger partial charge in [0.1, 0.15) is 5.82 Å². The molecular formula is C26H33N7O3. The molecule has 3 fully saturated rings. The molecule has 3 saturated heterocycles. The summed E-state index contributed by atoms with van der Waals surface area (Å²) in [5.74, 6) is 1.37. The van der Waals surface area contributed by atoms with Gasteiger partial charge in [-0.05, 0) is 17.7 Å². The lowest BCUT2D eigenvalue weighted by atomic mass is 10.0. The first-order valence-electron chi connectivity index (χ1n) is 13.0. The van der Waals surface area contributed by atoms with Crippen molar-refractivity contribution in [3.63, 3.8) is 0 Å². The third kappa shape index (κ3) is 4.93. The van der Waals surface area contributed by atoms with Crippen molar-refractivity contribution in [2.24, 2.45) is 0 Å². The number of aromatic nitrogens is 4. The molecule has 0 unspecified atom stereocenters. The van der Waals surface area contributed by atoms with Gasteiger partial charge in [0.15, 0.2) is 17.3 Å². The highest BCUT2D eigenvalue weighted by molar-refractivity contribution is 5.76. The second-order valence-electron chi connectivity index (χ2n) is 9.81. The minimum atomic E-state index is -0.407. The number of piperazine rings is 1. The predicted octanol–water partition coefficient (Wildman–Crippen LogP) is 1.74. The number of fused-ring (bicyclic) bond motifs is 1. The minimum absolute atomic E-state index is 0.167. The van der Waals surface area contributed by atoms with E-state index in [-0.39, 0.29) is 5.91 Å². The number of hydrogen-bond donors (Lipinski definition) is 0. The normalized spacial score (nSPS) is 20.4. The Morgan fingerprint density at radius 1 is 0.889 bits per heavy atom. The van der Waals surface area contributed by atoms with E-state index >= 15 is 0 Å². The molecule has 3 aliphatic heterocycles. The Balaban J connectivity index is 1.03. The molecule has 0 aliphatic carbocycles. The smallest absolute Gasteiger partial charge is 0.223 e. The average molecular weight is 492 g/mol. The Kier molecular flexibility index (Phi) is 6.56. The highest BCUT2D eigenvalue weighted by Crippen LogP contribution is 2.32. The number of ether oxygens (including phenoxy) is 2. The third-order valence-electron chi connectivity index (χ3n) is 7.51. The molecule has 1 spiro atoms. The molecule has 2 aromatic heterocycles. The van der Waals surface area contributed by atoms with E-state index in [4.69, 9.17) is 14.6 Å². The predicted molar refractivity (Wildman–Crippen MR) is 133 cm³/mol. The van der Waals surface area contributed by atoms with Gasteiger partial charge in [-0.3, -0.25) is 9.69 Å². The zero-order chi connectivity index (χ0) is 24.4. The van der Waals surface area contributed by atoms with Crippen LogP contribution >= 0.6 is 0 Å². The molecule has 3 aromatic rings. The Bertz CT molecular complexity index is 1180. The molecule has 10 nitrogen and oxygen atoms in total. The number of amides is 1. The van der Waals surface area contributed by atoms with Crippen LogP contribution in [0.1, 0.15) is 30.7 Å². The molecule has 0 N–H and O–H groups in total. The molecule has 5 heterocycles. The van der Waals surface area contributed by atoms with E-state index < -0.39 is 5.79 Å². The summed E-state index contributed by atoms with van der Waals surface area (Å²) >= 11 is 0. The maximum atomic E-state index is 12.9. The monoisotopic (exact) mass is 491 g/mol. The molecule has 1 aromatic carbocycles. The lowest BCUT2D eigenvalue weighted by molar-refractivity contribution is -0.169. The number of aryl methyl sites for hydroxylation is 1. The van der Waals surface area contributed by atoms with Gasteiger partial charge in [0, 0.05) is 71.5 Å². The summed E-state index contributed by atoms with van der Waals surface area (Å²) in [6.45, 7) is 7.25. The van der Waals surface area contributed by atoms with Crippen molar-refractivity contribution < 1.29 is 14.3 Å². The van der Waals surface area contributed by atoms with Gasteiger partial charge in [-0.25, -0.2) is 0 Å². The first kappa shape index (κ1) is 23.3. The fourth-order valence-electron chi connectivity index (χ4n) is 5.38. The van der Waals surface area contributed by atoms with Gasteiger partial charge in [0.25, 0.3) is 0 Å². The van der Waals surface area contributed by atoms with Crippen LogP contribution in [0.15, 0.2) is 42.5 Å². The molecule has 1 amide bonds. The SMILES string of the molecule is O=C(CCc1nnc2ccc(N3CCC4(CC3)OCCO4)nn12)N1CCN(Cc2ccccc2)CC1. The Labute approximate surface area is 210 Å². The molecule has 36 heavy (non-hydrogen) atoms. The van der Waals surface area contributed by atoms with E-state index in [1.54, 1.807) is 4.52 Å². The summed E-state index contributed by atoms with van der Waals surface area (Å²) in [6, 6.07) is 14.4. The van der Waals surface area contributed by atoms with Gasteiger partial charge in [0.2, 0.25) is 5.91 Å². The van der Waals surface area contributed by atoms with Crippen molar-refractivity contribution in [2.45, 2.75) is 38.0 Å². The first-order chi connectivity index (χ1) is 17.7. The Morgan fingerprint density at radius 2 is 1.64 bits per heavy atom. The van der Waals surface area contributed by atoms with E-state index in [1.165, 1.54) is 5.56 Å². The van der Waals surface area contributed by atoms with Crippen molar-refractivity contribution in [1.82, 2.24) is 29.6 Å². The number of nitrogens with zero attached hydrogens (tertiary/aromatic N) is 7. The Morgan fingerprint density at radius 3 is 2.39 bits per heavy atom. The maximum Gasteiger partial charge on any atom is 0.223 e. The zero-order valence-electron chi connectivity index (χ0n) is 20.6. The van der Waals surface area contributed by atoms with Crippen LogP contribution in [-0.2, 0) is 27.2 Å². The van der Waals surface area contributed by atoms with Crippen molar-refractivity contribution >= 4 is 17.4 Å².